The molecule has 0 radical (unpaired) electrons. The SMILES string of the molecule is O=C(O)c1cc(Br)cn1CC1CCCCS1. The molecule has 16 heavy (non-hydrogen) atoms. The Morgan fingerprint density at radius 2 is 2.44 bits per heavy atom. The average Bonchev–Trinajstić information content (AvgIpc) is 2.61. The third-order valence-electron chi connectivity index (χ3n) is 2.76. The number of nitrogens with zero attached hydrogens (tertiary/aromatic N) is 1. The van der Waals surface area contributed by atoms with Crippen LogP contribution in [-0.4, -0.2) is 26.6 Å². The van der Waals surface area contributed by atoms with Gasteiger partial charge in [-0.2, -0.15) is 11.8 Å². The fourth-order valence-electron chi connectivity index (χ4n) is 1.98. The zero-order chi connectivity index (χ0) is 11.5. The fourth-order valence-corrected chi connectivity index (χ4v) is 3.74. The molecular weight excluding hydrogens is 290 g/mol. The number of halogens is 1. The topological polar surface area (TPSA) is 42.2 Å². The van der Waals surface area contributed by atoms with Gasteiger partial charge in [0.15, 0.2) is 0 Å². The molecule has 88 valence electrons. The van der Waals surface area contributed by atoms with E-state index in [1.54, 1.807) is 6.07 Å². The molecule has 1 N–H and O–H groups in total. The summed E-state index contributed by atoms with van der Waals surface area (Å²) in [5.74, 6) is 0.349. The lowest BCUT2D eigenvalue weighted by atomic mass is 10.2. The Kier molecular flexibility index (Phi) is 3.97. The van der Waals surface area contributed by atoms with Crippen LogP contribution < -0.4 is 0 Å². The lowest BCUT2D eigenvalue weighted by Crippen LogP contribution is -2.19. The third-order valence-corrected chi connectivity index (χ3v) is 4.57. The molecule has 1 aliphatic rings. The zero-order valence-electron chi connectivity index (χ0n) is 8.86. The van der Waals surface area contributed by atoms with Crippen LogP contribution in [0.5, 0.6) is 0 Å². The van der Waals surface area contributed by atoms with E-state index in [2.05, 4.69) is 15.9 Å². The molecule has 3 nitrogen and oxygen atoms in total. The van der Waals surface area contributed by atoms with Gasteiger partial charge in [0.2, 0.25) is 0 Å². The van der Waals surface area contributed by atoms with Gasteiger partial charge in [0.25, 0.3) is 0 Å². The first kappa shape index (κ1) is 12.0. The fraction of sp³-hybridized carbons (Fsp3) is 0.545. The van der Waals surface area contributed by atoms with E-state index in [9.17, 15) is 4.79 Å². The molecule has 2 rings (SSSR count). The summed E-state index contributed by atoms with van der Waals surface area (Å²) in [5, 5.41) is 9.62. The Balaban J connectivity index is 2.10. The molecule has 1 atom stereocenters. The van der Waals surface area contributed by atoms with Crippen LogP contribution in [0.3, 0.4) is 0 Å². The summed E-state index contributed by atoms with van der Waals surface area (Å²) in [4.78, 5) is 11.0. The van der Waals surface area contributed by atoms with Gasteiger partial charge in [-0.05, 0) is 40.6 Å². The van der Waals surface area contributed by atoms with Crippen molar-refractivity contribution < 1.29 is 9.90 Å². The van der Waals surface area contributed by atoms with Crippen LogP contribution >= 0.6 is 27.7 Å². The van der Waals surface area contributed by atoms with E-state index in [-0.39, 0.29) is 0 Å². The lowest BCUT2D eigenvalue weighted by molar-refractivity contribution is 0.0685. The first-order valence-electron chi connectivity index (χ1n) is 5.37. The van der Waals surface area contributed by atoms with E-state index in [1.165, 1.54) is 25.0 Å². The van der Waals surface area contributed by atoms with Gasteiger partial charge in [0.05, 0.1) is 0 Å². The number of hydrogen-bond donors (Lipinski definition) is 1. The van der Waals surface area contributed by atoms with Crippen LogP contribution in [0.25, 0.3) is 0 Å². The molecule has 5 heteroatoms. The number of carboxylic acid groups (broad SMARTS) is 1. The number of carboxylic acids is 1. The minimum atomic E-state index is -0.855. The minimum absolute atomic E-state index is 0.373. The summed E-state index contributed by atoms with van der Waals surface area (Å²) in [6, 6.07) is 1.66. The van der Waals surface area contributed by atoms with Crippen molar-refractivity contribution >= 4 is 33.7 Å². The first-order valence-corrected chi connectivity index (χ1v) is 7.21. The van der Waals surface area contributed by atoms with Crippen molar-refractivity contribution in [1.82, 2.24) is 4.57 Å². The summed E-state index contributed by atoms with van der Waals surface area (Å²) in [5.41, 5.74) is 0.373. The van der Waals surface area contributed by atoms with Gasteiger partial charge in [0.1, 0.15) is 5.69 Å². The number of aromatic carboxylic acids is 1. The van der Waals surface area contributed by atoms with Crippen LogP contribution in [0, 0.1) is 0 Å². The van der Waals surface area contributed by atoms with Crippen molar-refractivity contribution in [3.8, 4) is 0 Å². The molecule has 1 saturated heterocycles. The van der Waals surface area contributed by atoms with Crippen molar-refractivity contribution in [2.45, 2.75) is 31.1 Å². The summed E-state index contributed by atoms with van der Waals surface area (Å²) in [7, 11) is 0. The molecular formula is C11H14BrNO2S. The van der Waals surface area contributed by atoms with Gasteiger partial charge < -0.3 is 9.67 Å². The summed E-state index contributed by atoms with van der Waals surface area (Å²) < 4.78 is 2.68. The smallest absolute Gasteiger partial charge is 0.352 e. The van der Waals surface area contributed by atoms with Gasteiger partial charge >= 0.3 is 5.97 Å². The monoisotopic (exact) mass is 303 g/mol. The predicted molar refractivity (Wildman–Crippen MR) is 69.2 cm³/mol. The highest BCUT2D eigenvalue weighted by Crippen LogP contribution is 2.27. The van der Waals surface area contributed by atoms with E-state index in [0.29, 0.717) is 10.9 Å². The molecule has 0 saturated carbocycles. The first-order chi connectivity index (χ1) is 7.66. The number of rotatable bonds is 3. The molecule has 0 amide bonds. The second-order valence-corrected chi connectivity index (χ2v) is 6.31. The highest BCUT2D eigenvalue weighted by atomic mass is 79.9. The maximum Gasteiger partial charge on any atom is 0.352 e. The maximum absolute atomic E-state index is 11.0. The minimum Gasteiger partial charge on any atom is -0.477 e. The van der Waals surface area contributed by atoms with E-state index in [0.717, 1.165) is 11.0 Å². The second kappa shape index (κ2) is 5.27. The number of aromatic nitrogens is 1. The number of hydrogen-bond acceptors (Lipinski definition) is 2. The van der Waals surface area contributed by atoms with Crippen LogP contribution in [-0.2, 0) is 6.54 Å². The molecule has 0 spiro atoms. The van der Waals surface area contributed by atoms with Gasteiger partial charge in [-0.3, -0.25) is 0 Å². The van der Waals surface area contributed by atoms with E-state index >= 15 is 0 Å². The predicted octanol–water partition coefficient (Wildman–Crippen LogP) is 3.23. The summed E-state index contributed by atoms with van der Waals surface area (Å²) in [6.07, 6.45) is 5.61. The van der Waals surface area contributed by atoms with Gasteiger partial charge in [-0.25, -0.2) is 4.79 Å². The molecule has 1 aliphatic heterocycles. The third kappa shape index (κ3) is 2.83. The Morgan fingerprint density at radius 1 is 1.62 bits per heavy atom. The molecule has 0 aliphatic carbocycles. The molecule has 1 aromatic heterocycles. The normalized spacial score (nSPS) is 20.9. The quantitative estimate of drug-likeness (QED) is 0.932. The van der Waals surface area contributed by atoms with Crippen LogP contribution in [0.2, 0.25) is 0 Å². The Morgan fingerprint density at radius 3 is 3.06 bits per heavy atom. The highest BCUT2D eigenvalue weighted by molar-refractivity contribution is 9.10. The molecule has 1 unspecified atom stereocenters. The summed E-state index contributed by atoms with van der Waals surface area (Å²) in [6.45, 7) is 0.803. The van der Waals surface area contributed by atoms with E-state index < -0.39 is 5.97 Å². The molecule has 1 fully saturated rings. The number of thioether (sulfide) groups is 1. The van der Waals surface area contributed by atoms with Crippen molar-refractivity contribution in [3.63, 3.8) is 0 Å². The Bertz CT molecular complexity index is 385. The molecule has 1 aromatic rings. The average molecular weight is 304 g/mol. The van der Waals surface area contributed by atoms with Gasteiger partial charge in [0, 0.05) is 22.5 Å². The van der Waals surface area contributed by atoms with Gasteiger partial charge in [-0.1, -0.05) is 6.42 Å². The Labute approximate surface area is 107 Å². The second-order valence-electron chi connectivity index (χ2n) is 3.99. The van der Waals surface area contributed by atoms with E-state index in [1.807, 2.05) is 22.5 Å². The Hall–Kier alpha value is -0.420. The largest absolute Gasteiger partial charge is 0.477 e. The van der Waals surface area contributed by atoms with Crippen LogP contribution in [0.15, 0.2) is 16.7 Å². The molecule has 2 heterocycles. The van der Waals surface area contributed by atoms with Crippen molar-refractivity contribution in [3.05, 3.63) is 22.4 Å². The standard InChI is InChI=1S/C11H14BrNO2S/c12-8-5-10(11(14)15)13(6-8)7-9-3-1-2-4-16-9/h5-6,9H,1-4,7H2,(H,14,15). The van der Waals surface area contributed by atoms with Crippen molar-refractivity contribution in [2.24, 2.45) is 0 Å². The van der Waals surface area contributed by atoms with E-state index in [4.69, 9.17) is 5.11 Å². The van der Waals surface area contributed by atoms with Crippen LogP contribution in [0.4, 0.5) is 0 Å². The summed E-state index contributed by atoms with van der Waals surface area (Å²) >= 11 is 5.28. The molecule has 0 bridgehead atoms. The van der Waals surface area contributed by atoms with Crippen molar-refractivity contribution in [2.75, 3.05) is 5.75 Å². The lowest BCUT2D eigenvalue weighted by Gasteiger charge is -2.22. The maximum atomic E-state index is 11.0. The van der Waals surface area contributed by atoms with Crippen molar-refractivity contribution in [1.29, 1.82) is 0 Å². The molecule has 0 aromatic carbocycles. The van der Waals surface area contributed by atoms with Crippen LogP contribution in [0.1, 0.15) is 29.8 Å². The highest BCUT2D eigenvalue weighted by Gasteiger charge is 2.18. The van der Waals surface area contributed by atoms with Gasteiger partial charge in [-0.15, -0.1) is 0 Å². The zero-order valence-corrected chi connectivity index (χ0v) is 11.3. The number of carbonyl (C=O) groups is 1.